The summed E-state index contributed by atoms with van der Waals surface area (Å²) in [5.74, 6) is 0.825. The van der Waals surface area contributed by atoms with Gasteiger partial charge in [-0.3, -0.25) is 4.99 Å². The van der Waals surface area contributed by atoms with E-state index in [1.165, 1.54) is 0 Å². The monoisotopic (exact) mass is 574 g/mol. The number of carbonyl (C=O) groups is 1. The molecule has 186 valence electrons. The van der Waals surface area contributed by atoms with E-state index in [4.69, 9.17) is 19.2 Å². The van der Waals surface area contributed by atoms with Crippen molar-refractivity contribution < 1.29 is 19.0 Å². The molecule has 0 spiro atoms. The molecule has 1 aromatic carbocycles. The Balaban J connectivity index is 0.00000385. The predicted molar refractivity (Wildman–Crippen MR) is 140 cm³/mol. The standard InChI is InChI=1S/C24H38N4O4.HI/c1-5-25-22(28-13-15-31-21(17-28)20-12-9-14-30-20)26-16-19(18-10-7-6-8-11-18)27-23(29)32-24(2,3)4;/h6-8,10-11,19-21H,5,9,12-17H2,1-4H3,(H,25,26)(H,27,29);1H. The van der Waals surface area contributed by atoms with E-state index in [-0.39, 0.29) is 42.2 Å². The number of hydrogen-bond donors (Lipinski definition) is 2. The summed E-state index contributed by atoms with van der Waals surface area (Å²) < 4.78 is 17.3. The van der Waals surface area contributed by atoms with Gasteiger partial charge in [0.1, 0.15) is 11.7 Å². The molecule has 3 unspecified atom stereocenters. The number of alkyl carbamates (subject to hydrolysis) is 1. The van der Waals surface area contributed by atoms with Crippen LogP contribution in [0.2, 0.25) is 0 Å². The molecule has 0 aromatic heterocycles. The average Bonchev–Trinajstić information content (AvgIpc) is 3.30. The van der Waals surface area contributed by atoms with Crippen LogP contribution in [0.4, 0.5) is 4.79 Å². The molecule has 8 nitrogen and oxygen atoms in total. The maximum absolute atomic E-state index is 12.5. The normalized spacial score (nSPS) is 22.3. The summed E-state index contributed by atoms with van der Waals surface area (Å²) >= 11 is 0. The Morgan fingerprint density at radius 3 is 2.58 bits per heavy atom. The van der Waals surface area contributed by atoms with Crippen LogP contribution in [-0.2, 0) is 14.2 Å². The van der Waals surface area contributed by atoms with E-state index in [1.54, 1.807) is 0 Å². The van der Waals surface area contributed by atoms with Gasteiger partial charge in [-0.1, -0.05) is 30.3 Å². The number of benzene rings is 1. The van der Waals surface area contributed by atoms with Crippen LogP contribution in [0, 0.1) is 0 Å². The predicted octanol–water partition coefficient (Wildman–Crippen LogP) is 3.72. The van der Waals surface area contributed by atoms with E-state index >= 15 is 0 Å². The Kier molecular flexibility index (Phi) is 11.2. The van der Waals surface area contributed by atoms with Crippen molar-refractivity contribution in [2.75, 3.05) is 39.4 Å². The molecule has 0 radical (unpaired) electrons. The van der Waals surface area contributed by atoms with E-state index < -0.39 is 11.7 Å². The maximum Gasteiger partial charge on any atom is 0.408 e. The molecule has 3 rings (SSSR count). The van der Waals surface area contributed by atoms with Crippen molar-refractivity contribution in [3.05, 3.63) is 35.9 Å². The van der Waals surface area contributed by atoms with Crippen LogP contribution in [0.5, 0.6) is 0 Å². The smallest absolute Gasteiger partial charge is 0.408 e. The van der Waals surface area contributed by atoms with Gasteiger partial charge in [-0.25, -0.2) is 4.79 Å². The number of aliphatic imine (C=N–C) groups is 1. The van der Waals surface area contributed by atoms with Gasteiger partial charge in [0.2, 0.25) is 0 Å². The van der Waals surface area contributed by atoms with Crippen molar-refractivity contribution in [1.29, 1.82) is 0 Å². The second kappa shape index (κ2) is 13.3. The molecular weight excluding hydrogens is 535 g/mol. The molecule has 2 N–H and O–H groups in total. The van der Waals surface area contributed by atoms with Crippen LogP contribution in [0.25, 0.3) is 0 Å². The van der Waals surface area contributed by atoms with Gasteiger partial charge in [0.15, 0.2) is 5.96 Å². The van der Waals surface area contributed by atoms with E-state index in [1.807, 2.05) is 51.1 Å². The third-order valence-electron chi connectivity index (χ3n) is 5.42. The lowest BCUT2D eigenvalue weighted by atomic mass is 10.1. The molecule has 2 aliphatic heterocycles. The molecule has 2 fully saturated rings. The number of nitrogens with one attached hydrogen (secondary N) is 2. The molecule has 33 heavy (non-hydrogen) atoms. The van der Waals surface area contributed by atoms with Crippen LogP contribution in [0.15, 0.2) is 35.3 Å². The molecule has 2 saturated heterocycles. The van der Waals surface area contributed by atoms with Crippen LogP contribution >= 0.6 is 24.0 Å². The van der Waals surface area contributed by atoms with E-state index in [0.717, 1.165) is 50.6 Å². The number of guanidine groups is 1. The molecule has 3 atom stereocenters. The Bertz CT molecular complexity index is 751. The number of hydrogen-bond acceptors (Lipinski definition) is 5. The van der Waals surface area contributed by atoms with Crippen molar-refractivity contribution in [2.24, 2.45) is 4.99 Å². The van der Waals surface area contributed by atoms with Crippen molar-refractivity contribution in [1.82, 2.24) is 15.5 Å². The van der Waals surface area contributed by atoms with Gasteiger partial charge in [0.25, 0.3) is 0 Å². The number of nitrogens with zero attached hydrogens (tertiary/aromatic N) is 2. The zero-order valence-corrected chi connectivity index (χ0v) is 22.5. The van der Waals surface area contributed by atoms with Crippen molar-refractivity contribution in [2.45, 2.75) is 64.4 Å². The zero-order chi connectivity index (χ0) is 23.0. The first kappa shape index (κ1) is 27.7. The van der Waals surface area contributed by atoms with Crippen molar-refractivity contribution >= 4 is 36.0 Å². The lowest BCUT2D eigenvalue weighted by Crippen LogP contribution is -2.53. The highest BCUT2D eigenvalue weighted by molar-refractivity contribution is 14.0. The highest BCUT2D eigenvalue weighted by Crippen LogP contribution is 2.21. The second-order valence-electron chi connectivity index (χ2n) is 9.21. The average molecular weight is 575 g/mol. The third-order valence-corrected chi connectivity index (χ3v) is 5.42. The minimum Gasteiger partial charge on any atom is -0.444 e. The molecule has 2 heterocycles. The van der Waals surface area contributed by atoms with Gasteiger partial charge in [0, 0.05) is 26.2 Å². The lowest BCUT2D eigenvalue weighted by molar-refractivity contribution is -0.0817. The Morgan fingerprint density at radius 2 is 1.94 bits per heavy atom. The quantitative estimate of drug-likeness (QED) is 0.306. The number of rotatable bonds is 6. The molecular formula is C24H39IN4O4. The Labute approximate surface area is 214 Å². The molecule has 0 bridgehead atoms. The summed E-state index contributed by atoms with van der Waals surface area (Å²) in [5, 5.41) is 6.38. The van der Waals surface area contributed by atoms with E-state index in [9.17, 15) is 4.79 Å². The molecule has 1 amide bonds. The summed E-state index contributed by atoms with van der Waals surface area (Å²) in [7, 11) is 0. The fraction of sp³-hybridized carbons (Fsp3) is 0.667. The summed E-state index contributed by atoms with van der Waals surface area (Å²) in [6.07, 6.45) is 1.90. The van der Waals surface area contributed by atoms with Gasteiger partial charge in [-0.05, 0) is 46.1 Å². The first-order valence-electron chi connectivity index (χ1n) is 11.7. The molecule has 2 aliphatic rings. The van der Waals surface area contributed by atoms with Crippen molar-refractivity contribution in [3.63, 3.8) is 0 Å². The Hall–Kier alpha value is -1.59. The number of halogens is 1. The second-order valence-corrected chi connectivity index (χ2v) is 9.21. The van der Waals surface area contributed by atoms with Crippen LogP contribution in [0.1, 0.15) is 52.1 Å². The van der Waals surface area contributed by atoms with Gasteiger partial charge >= 0.3 is 6.09 Å². The van der Waals surface area contributed by atoms with Crippen LogP contribution in [0.3, 0.4) is 0 Å². The SMILES string of the molecule is CCNC(=NCC(NC(=O)OC(C)(C)C)c1ccccc1)N1CCOC(C2CCCO2)C1.I. The summed E-state index contributed by atoms with van der Waals surface area (Å²) in [6.45, 7) is 11.7. The van der Waals surface area contributed by atoms with Crippen LogP contribution in [-0.4, -0.2) is 74.2 Å². The highest BCUT2D eigenvalue weighted by atomic mass is 127. The lowest BCUT2D eigenvalue weighted by Gasteiger charge is -2.37. The van der Waals surface area contributed by atoms with Gasteiger partial charge in [0.05, 0.1) is 25.3 Å². The first-order valence-corrected chi connectivity index (χ1v) is 11.7. The Morgan fingerprint density at radius 1 is 1.21 bits per heavy atom. The van der Waals surface area contributed by atoms with E-state index in [2.05, 4.69) is 22.5 Å². The summed E-state index contributed by atoms with van der Waals surface area (Å²) in [4.78, 5) is 19.6. The number of amides is 1. The summed E-state index contributed by atoms with van der Waals surface area (Å²) in [5.41, 5.74) is 0.423. The summed E-state index contributed by atoms with van der Waals surface area (Å²) in [6, 6.07) is 9.57. The topological polar surface area (TPSA) is 84.4 Å². The molecule has 1 aromatic rings. The number of morpholine rings is 1. The maximum atomic E-state index is 12.5. The minimum absolute atomic E-state index is 0. The minimum atomic E-state index is -0.561. The van der Waals surface area contributed by atoms with Gasteiger partial charge < -0.3 is 29.7 Å². The highest BCUT2D eigenvalue weighted by Gasteiger charge is 2.32. The largest absolute Gasteiger partial charge is 0.444 e. The number of carbonyl (C=O) groups excluding carboxylic acids is 1. The van der Waals surface area contributed by atoms with Crippen molar-refractivity contribution in [3.8, 4) is 0 Å². The molecule has 0 saturated carbocycles. The molecule has 9 heteroatoms. The van der Waals surface area contributed by atoms with Gasteiger partial charge in [-0.2, -0.15) is 0 Å². The molecule has 0 aliphatic carbocycles. The van der Waals surface area contributed by atoms with Gasteiger partial charge in [-0.15, -0.1) is 24.0 Å². The zero-order valence-electron chi connectivity index (χ0n) is 20.2. The van der Waals surface area contributed by atoms with Crippen LogP contribution < -0.4 is 10.6 Å². The van der Waals surface area contributed by atoms with E-state index in [0.29, 0.717) is 13.2 Å². The fourth-order valence-corrected chi connectivity index (χ4v) is 3.96. The number of ether oxygens (including phenoxy) is 3. The first-order chi connectivity index (χ1) is 15.4. The fourth-order valence-electron chi connectivity index (χ4n) is 3.96. The third kappa shape index (κ3) is 8.94.